The summed E-state index contributed by atoms with van der Waals surface area (Å²) < 4.78 is 39.1. The van der Waals surface area contributed by atoms with Crippen LogP contribution in [0, 0.1) is 0 Å². The molecule has 2 N–H and O–H groups in total. The summed E-state index contributed by atoms with van der Waals surface area (Å²) in [5.74, 6) is -0.436. The molecule has 0 fully saturated rings. The van der Waals surface area contributed by atoms with Crippen molar-refractivity contribution in [3.63, 3.8) is 0 Å². The number of aromatic nitrogens is 2. The molecule has 0 aliphatic carbocycles. The van der Waals surface area contributed by atoms with Gasteiger partial charge in [0.15, 0.2) is 4.34 Å². The average molecular weight is 425 g/mol. The Morgan fingerprint density at radius 2 is 2.12 bits per heavy atom. The standard InChI is InChI=1S/C15H16ClF3N4OS2/c1-2-3-6-20-13-22-23-14(26-13)25-8-12(24)21-9-4-5-11(16)10(7-9)15(17,18)19/h4-5,7H,2-3,6,8H2,1H3,(H,20,22)(H,21,24). The smallest absolute Gasteiger partial charge is 0.360 e. The summed E-state index contributed by atoms with van der Waals surface area (Å²) in [7, 11) is 0. The van der Waals surface area contributed by atoms with E-state index < -0.39 is 22.7 Å². The van der Waals surface area contributed by atoms with E-state index in [1.807, 2.05) is 0 Å². The first-order valence-electron chi connectivity index (χ1n) is 7.66. The number of alkyl halides is 3. The Morgan fingerprint density at radius 1 is 1.35 bits per heavy atom. The van der Waals surface area contributed by atoms with Crippen molar-refractivity contribution < 1.29 is 18.0 Å². The maximum Gasteiger partial charge on any atom is 0.417 e. The van der Waals surface area contributed by atoms with Crippen LogP contribution in [0.15, 0.2) is 22.5 Å². The van der Waals surface area contributed by atoms with Gasteiger partial charge in [-0.25, -0.2) is 0 Å². The van der Waals surface area contributed by atoms with Crippen molar-refractivity contribution in [3.05, 3.63) is 28.8 Å². The minimum absolute atomic E-state index is 0.00751. The quantitative estimate of drug-likeness (QED) is 0.453. The predicted octanol–water partition coefficient (Wildman–Crippen LogP) is 5.15. The minimum Gasteiger partial charge on any atom is -0.360 e. The molecule has 11 heteroatoms. The fraction of sp³-hybridized carbons (Fsp3) is 0.400. The van der Waals surface area contributed by atoms with Crippen LogP contribution in [0.25, 0.3) is 0 Å². The first-order valence-corrected chi connectivity index (χ1v) is 9.84. The lowest BCUT2D eigenvalue weighted by Gasteiger charge is -2.11. The van der Waals surface area contributed by atoms with E-state index in [2.05, 4.69) is 27.8 Å². The fourth-order valence-corrected chi connectivity index (χ4v) is 3.66. The molecule has 0 unspecified atom stereocenters. The third kappa shape index (κ3) is 6.33. The lowest BCUT2D eigenvalue weighted by molar-refractivity contribution is -0.137. The van der Waals surface area contributed by atoms with Crippen LogP contribution in [0.3, 0.4) is 0 Å². The Balaban J connectivity index is 1.87. The Hall–Kier alpha value is -1.52. The molecule has 0 aliphatic rings. The van der Waals surface area contributed by atoms with Gasteiger partial charge in [-0.2, -0.15) is 13.2 Å². The van der Waals surface area contributed by atoms with Crippen LogP contribution in [-0.4, -0.2) is 28.4 Å². The summed E-state index contributed by atoms with van der Waals surface area (Å²) >= 11 is 8.04. The number of halogens is 4. The molecule has 5 nitrogen and oxygen atoms in total. The van der Waals surface area contributed by atoms with E-state index >= 15 is 0 Å². The molecule has 142 valence electrons. The van der Waals surface area contributed by atoms with Gasteiger partial charge in [-0.3, -0.25) is 4.79 Å². The number of thioether (sulfide) groups is 1. The molecule has 2 aromatic rings. The molecule has 1 heterocycles. The van der Waals surface area contributed by atoms with Crippen molar-refractivity contribution >= 4 is 51.4 Å². The second-order valence-corrected chi connectivity index (χ2v) is 7.79. The number of hydrogen-bond donors (Lipinski definition) is 2. The third-order valence-corrected chi connectivity index (χ3v) is 5.44. The molecule has 0 bridgehead atoms. The van der Waals surface area contributed by atoms with Crippen molar-refractivity contribution in [2.24, 2.45) is 0 Å². The summed E-state index contributed by atoms with van der Waals surface area (Å²) in [6.45, 7) is 2.88. The van der Waals surface area contributed by atoms with Crippen molar-refractivity contribution in [2.75, 3.05) is 22.9 Å². The van der Waals surface area contributed by atoms with Gasteiger partial charge in [0.25, 0.3) is 0 Å². The monoisotopic (exact) mass is 424 g/mol. The number of benzene rings is 1. The number of rotatable bonds is 8. The first kappa shape index (κ1) is 20.8. The second kappa shape index (κ2) is 9.43. The Kier molecular flexibility index (Phi) is 7.54. The number of unbranched alkanes of at least 4 members (excludes halogenated alkanes) is 1. The molecule has 0 saturated heterocycles. The third-order valence-electron chi connectivity index (χ3n) is 3.10. The molecule has 26 heavy (non-hydrogen) atoms. The largest absolute Gasteiger partial charge is 0.417 e. The van der Waals surface area contributed by atoms with Gasteiger partial charge in [0.05, 0.1) is 16.3 Å². The van der Waals surface area contributed by atoms with E-state index in [0.29, 0.717) is 9.47 Å². The van der Waals surface area contributed by atoms with Gasteiger partial charge >= 0.3 is 6.18 Å². The summed E-state index contributed by atoms with van der Waals surface area (Å²) in [6, 6.07) is 3.23. The number of carbonyl (C=O) groups is 1. The van der Waals surface area contributed by atoms with E-state index in [1.54, 1.807) is 0 Å². The van der Waals surface area contributed by atoms with Gasteiger partial charge in [-0.05, 0) is 24.6 Å². The molecular weight excluding hydrogens is 409 g/mol. The van der Waals surface area contributed by atoms with Crippen LogP contribution in [0.5, 0.6) is 0 Å². The van der Waals surface area contributed by atoms with Gasteiger partial charge in [0.1, 0.15) is 0 Å². The summed E-state index contributed by atoms with van der Waals surface area (Å²) in [4.78, 5) is 11.9. The van der Waals surface area contributed by atoms with Crippen LogP contribution in [0.4, 0.5) is 24.0 Å². The van der Waals surface area contributed by atoms with Crippen molar-refractivity contribution in [2.45, 2.75) is 30.3 Å². The van der Waals surface area contributed by atoms with Gasteiger partial charge < -0.3 is 10.6 Å². The van der Waals surface area contributed by atoms with E-state index in [1.165, 1.54) is 29.2 Å². The van der Waals surface area contributed by atoms with E-state index in [4.69, 9.17) is 11.6 Å². The van der Waals surface area contributed by atoms with Crippen LogP contribution in [0.1, 0.15) is 25.3 Å². The summed E-state index contributed by atoms with van der Waals surface area (Å²) in [6.07, 6.45) is -2.50. The lowest BCUT2D eigenvalue weighted by Crippen LogP contribution is -2.15. The van der Waals surface area contributed by atoms with Crippen LogP contribution in [-0.2, 0) is 11.0 Å². The van der Waals surface area contributed by atoms with E-state index in [0.717, 1.165) is 31.5 Å². The number of anilines is 2. The predicted molar refractivity (Wildman–Crippen MR) is 99.1 cm³/mol. The highest BCUT2D eigenvalue weighted by Crippen LogP contribution is 2.36. The minimum atomic E-state index is -4.58. The highest BCUT2D eigenvalue weighted by atomic mass is 35.5. The van der Waals surface area contributed by atoms with Gasteiger partial charge in [-0.1, -0.05) is 48.0 Å². The Bertz CT molecular complexity index is 755. The number of hydrogen-bond acceptors (Lipinski definition) is 6. The highest BCUT2D eigenvalue weighted by Gasteiger charge is 2.33. The van der Waals surface area contributed by atoms with Crippen LogP contribution >= 0.6 is 34.7 Å². The van der Waals surface area contributed by atoms with E-state index in [-0.39, 0.29) is 11.4 Å². The number of nitrogens with zero attached hydrogens (tertiary/aromatic N) is 2. The number of carbonyl (C=O) groups excluding carboxylic acids is 1. The molecule has 0 radical (unpaired) electrons. The van der Waals surface area contributed by atoms with Crippen LogP contribution < -0.4 is 10.6 Å². The first-order chi connectivity index (χ1) is 12.3. The Labute approximate surface area is 161 Å². The van der Waals surface area contributed by atoms with Gasteiger partial charge in [0.2, 0.25) is 11.0 Å². The molecule has 1 aromatic heterocycles. The molecule has 0 spiro atoms. The molecule has 2 rings (SSSR count). The molecule has 0 saturated carbocycles. The number of amides is 1. The highest BCUT2D eigenvalue weighted by molar-refractivity contribution is 8.01. The number of nitrogens with one attached hydrogen (secondary N) is 2. The van der Waals surface area contributed by atoms with Crippen molar-refractivity contribution in [1.82, 2.24) is 10.2 Å². The van der Waals surface area contributed by atoms with Gasteiger partial charge in [0, 0.05) is 12.2 Å². The summed E-state index contributed by atoms with van der Waals surface area (Å²) in [5, 5.41) is 13.7. The average Bonchev–Trinajstić information content (AvgIpc) is 3.02. The zero-order valence-electron chi connectivity index (χ0n) is 13.7. The fourth-order valence-electron chi connectivity index (χ4n) is 1.86. The molecule has 1 amide bonds. The lowest BCUT2D eigenvalue weighted by atomic mass is 10.2. The maximum atomic E-state index is 12.8. The maximum absolute atomic E-state index is 12.8. The molecule has 0 atom stereocenters. The SMILES string of the molecule is CCCCNc1nnc(SCC(=O)Nc2ccc(Cl)c(C(F)(F)F)c2)s1. The van der Waals surface area contributed by atoms with Crippen molar-refractivity contribution in [1.29, 1.82) is 0 Å². The second-order valence-electron chi connectivity index (χ2n) is 5.18. The van der Waals surface area contributed by atoms with Crippen LogP contribution in [0.2, 0.25) is 5.02 Å². The zero-order valence-corrected chi connectivity index (χ0v) is 16.1. The summed E-state index contributed by atoms with van der Waals surface area (Å²) in [5.41, 5.74) is -0.956. The van der Waals surface area contributed by atoms with Crippen molar-refractivity contribution in [3.8, 4) is 0 Å². The molecular formula is C15H16ClF3N4OS2. The normalized spacial score (nSPS) is 11.4. The molecule has 0 aliphatic heterocycles. The van der Waals surface area contributed by atoms with E-state index in [9.17, 15) is 18.0 Å². The zero-order chi connectivity index (χ0) is 19.2. The topological polar surface area (TPSA) is 66.9 Å². The Morgan fingerprint density at radius 3 is 2.81 bits per heavy atom. The molecule has 1 aromatic carbocycles. The van der Waals surface area contributed by atoms with Gasteiger partial charge in [-0.15, -0.1) is 10.2 Å².